The van der Waals surface area contributed by atoms with Crippen molar-refractivity contribution in [2.45, 2.75) is 26.2 Å². The number of nitrogens with zero attached hydrogens (tertiary/aromatic N) is 1. The molecule has 0 bridgehead atoms. The SMILES string of the molecule is CC(C)(C)c1ccc(C(=O)N2CC(C(=O)O)C2)cc1. The van der Waals surface area contributed by atoms with Crippen molar-refractivity contribution in [2.24, 2.45) is 5.92 Å². The average molecular weight is 261 g/mol. The molecular weight excluding hydrogens is 242 g/mol. The summed E-state index contributed by atoms with van der Waals surface area (Å²) in [6.07, 6.45) is 0. The lowest BCUT2D eigenvalue weighted by atomic mass is 9.86. The Morgan fingerprint density at radius 3 is 2.11 bits per heavy atom. The van der Waals surface area contributed by atoms with Gasteiger partial charge < -0.3 is 10.0 Å². The van der Waals surface area contributed by atoms with Gasteiger partial charge in [0, 0.05) is 18.7 Å². The number of amides is 1. The van der Waals surface area contributed by atoms with Crippen LogP contribution in [0.15, 0.2) is 24.3 Å². The number of aliphatic carboxylic acids is 1. The van der Waals surface area contributed by atoms with Crippen LogP contribution in [0.1, 0.15) is 36.7 Å². The van der Waals surface area contributed by atoms with Crippen molar-refractivity contribution in [3.8, 4) is 0 Å². The molecule has 4 nitrogen and oxygen atoms in total. The van der Waals surface area contributed by atoms with E-state index < -0.39 is 11.9 Å². The van der Waals surface area contributed by atoms with E-state index in [0.717, 1.165) is 0 Å². The average Bonchev–Trinajstić information content (AvgIpc) is 2.25. The minimum absolute atomic E-state index is 0.0622. The van der Waals surface area contributed by atoms with Crippen molar-refractivity contribution in [3.05, 3.63) is 35.4 Å². The molecule has 4 heteroatoms. The van der Waals surface area contributed by atoms with Crippen molar-refractivity contribution in [2.75, 3.05) is 13.1 Å². The van der Waals surface area contributed by atoms with Gasteiger partial charge in [0.05, 0.1) is 5.92 Å². The van der Waals surface area contributed by atoms with Crippen molar-refractivity contribution in [3.63, 3.8) is 0 Å². The molecule has 1 fully saturated rings. The van der Waals surface area contributed by atoms with E-state index in [1.165, 1.54) is 5.56 Å². The second kappa shape index (κ2) is 4.68. The van der Waals surface area contributed by atoms with E-state index in [4.69, 9.17) is 5.11 Å². The van der Waals surface area contributed by atoms with E-state index in [9.17, 15) is 9.59 Å². The Labute approximate surface area is 113 Å². The van der Waals surface area contributed by atoms with Crippen LogP contribution in [-0.2, 0) is 10.2 Å². The zero-order chi connectivity index (χ0) is 14.2. The largest absolute Gasteiger partial charge is 0.481 e. The Hall–Kier alpha value is -1.84. The van der Waals surface area contributed by atoms with Gasteiger partial charge >= 0.3 is 5.97 Å². The number of carboxylic acid groups (broad SMARTS) is 1. The first kappa shape index (κ1) is 13.6. The van der Waals surface area contributed by atoms with Gasteiger partial charge in [0.2, 0.25) is 0 Å². The molecule has 1 heterocycles. The maximum absolute atomic E-state index is 12.1. The normalized spacial score (nSPS) is 16.1. The highest BCUT2D eigenvalue weighted by Crippen LogP contribution is 2.24. The van der Waals surface area contributed by atoms with Crippen LogP contribution >= 0.6 is 0 Å². The number of carbonyl (C=O) groups is 2. The van der Waals surface area contributed by atoms with Gasteiger partial charge in [-0.1, -0.05) is 32.9 Å². The molecule has 0 unspecified atom stereocenters. The predicted octanol–water partition coefficient (Wildman–Crippen LogP) is 2.14. The first-order valence-corrected chi connectivity index (χ1v) is 6.41. The maximum atomic E-state index is 12.1. The van der Waals surface area contributed by atoms with E-state index in [2.05, 4.69) is 20.8 Å². The third-order valence-electron chi connectivity index (χ3n) is 3.52. The standard InChI is InChI=1S/C15H19NO3/c1-15(2,3)12-6-4-10(5-7-12)13(17)16-8-11(9-16)14(18)19/h4-7,11H,8-9H2,1-3H3,(H,18,19). The van der Waals surface area contributed by atoms with Crippen LogP contribution in [0.5, 0.6) is 0 Å². The van der Waals surface area contributed by atoms with Gasteiger partial charge in [0.25, 0.3) is 5.91 Å². The lowest BCUT2D eigenvalue weighted by Gasteiger charge is -2.36. The topological polar surface area (TPSA) is 57.6 Å². The summed E-state index contributed by atoms with van der Waals surface area (Å²) in [4.78, 5) is 24.4. The molecule has 1 aromatic carbocycles. The van der Waals surface area contributed by atoms with E-state index >= 15 is 0 Å². The fourth-order valence-electron chi connectivity index (χ4n) is 2.10. The Morgan fingerprint density at radius 1 is 1.16 bits per heavy atom. The fourth-order valence-corrected chi connectivity index (χ4v) is 2.10. The molecule has 0 saturated carbocycles. The number of likely N-dealkylation sites (tertiary alicyclic amines) is 1. The van der Waals surface area contributed by atoms with Gasteiger partial charge in [-0.2, -0.15) is 0 Å². The summed E-state index contributed by atoms with van der Waals surface area (Å²) in [5.74, 6) is -1.32. The predicted molar refractivity (Wildman–Crippen MR) is 72.2 cm³/mol. The number of hydrogen-bond acceptors (Lipinski definition) is 2. The number of rotatable bonds is 2. The van der Waals surface area contributed by atoms with Crippen LogP contribution in [-0.4, -0.2) is 35.0 Å². The van der Waals surface area contributed by atoms with Crippen LogP contribution in [0.4, 0.5) is 0 Å². The zero-order valence-corrected chi connectivity index (χ0v) is 11.5. The Morgan fingerprint density at radius 2 is 1.68 bits per heavy atom. The first-order valence-electron chi connectivity index (χ1n) is 6.41. The number of carbonyl (C=O) groups excluding carboxylic acids is 1. The highest BCUT2D eigenvalue weighted by Gasteiger charge is 2.35. The Balaban J connectivity index is 2.04. The summed E-state index contributed by atoms with van der Waals surface area (Å²) in [5, 5.41) is 8.79. The quantitative estimate of drug-likeness (QED) is 0.887. The van der Waals surface area contributed by atoms with Gasteiger partial charge in [-0.25, -0.2) is 0 Å². The Bertz CT molecular complexity index is 493. The molecule has 19 heavy (non-hydrogen) atoms. The summed E-state index contributed by atoms with van der Waals surface area (Å²) < 4.78 is 0. The second-order valence-corrected chi connectivity index (χ2v) is 6.07. The fraction of sp³-hybridized carbons (Fsp3) is 0.467. The van der Waals surface area contributed by atoms with Crippen LogP contribution in [0, 0.1) is 5.92 Å². The van der Waals surface area contributed by atoms with Crippen molar-refractivity contribution >= 4 is 11.9 Å². The third-order valence-corrected chi connectivity index (χ3v) is 3.52. The summed E-state index contributed by atoms with van der Waals surface area (Å²) in [7, 11) is 0. The second-order valence-electron chi connectivity index (χ2n) is 6.07. The molecule has 1 aliphatic rings. The Kier molecular flexibility index (Phi) is 3.35. The highest BCUT2D eigenvalue weighted by atomic mass is 16.4. The molecule has 0 spiro atoms. The monoisotopic (exact) mass is 261 g/mol. The van der Waals surface area contributed by atoms with Gasteiger partial charge in [-0.15, -0.1) is 0 Å². The van der Waals surface area contributed by atoms with Crippen molar-refractivity contribution in [1.82, 2.24) is 4.90 Å². The van der Waals surface area contributed by atoms with Crippen molar-refractivity contribution < 1.29 is 14.7 Å². The molecule has 0 atom stereocenters. The molecular formula is C15H19NO3. The van der Waals surface area contributed by atoms with Crippen LogP contribution in [0.2, 0.25) is 0 Å². The van der Waals surface area contributed by atoms with Gasteiger partial charge in [0.1, 0.15) is 0 Å². The minimum Gasteiger partial charge on any atom is -0.481 e. The lowest BCUT2D eigenvalue weighted by molar-refractivity contribution is -0.146. The maximum Gasteiger partial charge on any atom is 0.310 e. The van der Waals surface area contributed by atoms with E-state index in [1.807, 2.05) is 24.3 Å². The van der Waals surface area contributed by atoms with Gasteiger partial charge in [-0.05, 0) is 23.1 Å². The molecule has 0 aliphatic carbocycles. The molecule has 2 rings (SSSR count). The molecule has 1 N–H and O–H groups in total. The summed E-state index contributed by atoms with van der Waals surface area (Å²) in [6.45, 7) is 6.99. The van der Waals surface area contributed by atoms with Gasteiger partial charge in [0.15, 0.2) is 0 Å². The van der Waals surface area contributed by atoms with Crippen molar-refractivity contribution in [1.29, 1.82) is 0 Å². The summed E-state index contributed by atoms with van der Waals surface area (Å²) in [6, 6.07) is 7.55. The zero-order valence-electron chi connectivity index (χ0n) is 11.5. The molecule has 1 amide bonds. The molecule has 0 aromatic heterocycles. The molecule has 1 aliphatic heterocycles. The number of carboxylic acids is 1. The van der Waals surface area contributed by atoms with E-state index in [0.29, 0.717) is 18.7 Å². The smallest absolute Gasteiger partial charge is 0.310 e. The van der Waals surface area contributed by atoms with Crippen LogP contribution in [0.25, 0.3) is 0 Å². The number of hydrogen-bond donors (Lipinski definition) is 1. The highest BCUT2D eigenvalue weighted by molar-refractivity contribution is 5.95. The summed E-state index contributed by atoms with van der Waals surface area (Å²) in [5.41, 5.74) is 1.86. The third kappa shape index (κ3) is 2.78. The van der Waals surface area contributed by atoms with E-state index in [1.54, 1.807) is 4.90 Å². The minimum atomic E-state index is -0.827. The van der Waals surface area contributed by atoms with E-state index in [-0.39, 0.29) is 11.3 Å². The van der Waals surface area contributed by atoms with Gasteiger partial charge in [-0.3, -0.25) is 9.59 Å². The molecule has 102 valence electrons. The lowest BCUT2D eigenvalue weighted by Crippen LogP contribution is -2.53. The molecule has 1 saturated heterocycles. The first-order chi connectivity index (χ1) is 8.79. The molecule has 0 radical (unpaired) electrons. The summed E-state index contributed by atoms with van der Waals surface area (Å²) >= 11 is 0. The van der Waals surface area contributed by atoms with Crippen LogP contribution in [0.3, 0.4) is 0 Å². The van der Waals surface area contributed by atoms with Crippen LogP contribution < -0.4 is 0 Å². The number of benzene rings is 1. The molecule has 1 aromatic rings.